The van der Waals surface area contributed by atoms with Crippen molar-refractivity contribution in [3.05, 3.63) is 50.9 Å². The van der Waals surface area contributed by atoms with E-state index in [0.717, 1.165) is 5.69 Å². The fourth-order valence-electron chi connectivity index (χ4n) is 1.38. The predicted molar refractivity (Wildman–Crippen MR) is 67.8 cm³/mol. The number of halogens is 2. The standard InChI is InChI=1S/C12H11ClFNS/c1-8-2-4-10(16-8)7-15-9-3-5-11(13)12(14)6-9/h2-6,15H,7H2,1H3. The van der Waals surface area contributed by atoms with E-state index in [0.29, 0.717) is 6.54 Å². The third kappa shape index (κ3) is 2.74. The van der Waals surface area contributed by atoms with Crippen molar-refractivity contribution in [2.24, 2.45) is 0 Å². The Balaban J connectivity index is 2.02. The molecule has 0 aliphatic carbocycles. The second-order valence-electron chi connectivity index (χ2n) is 3.49. The molecule has 1 aromatic carbocycles. The number of hydrogen-bond acceptors (Lipinski definition) is 2. The van der Waals surface area contributed by atoms with E-state index in [1.807, 2.05) is 0 Å². The van der Waals surface area contributed by atoms with Gasteiger partial charge in [-0.05, 0) is 37.3 Å². The molecular weight excluding hydrogens is 245 g/mol. The first kappa shape index (κ1) is 11.4. The minimum atomic E-state index is -0.394. The molecule has 0 atom stereocenters. The molecule has 1 N–H and O–H groups in total. The van der Waals surface area contributed by atoms with Gasteiger partial charge in [0.15, 0.2) is 0 Å². The molecular formula is C12H11ClFNS. The summed E-state index contributed by atoms with van der Waals surface area (Å²) in [6.45, 7) is 2.77. The van der Waals surface area contributed by atoms with Crippen LogP contribution in [-0.2, 0) is 6.54 Å². The highest BCUT2D eigenvalue weighted by atomic mass is 35.5. The molecule has 1 heterocycles. The molecule has 0 fully saturated rings. The number of hydrogen-bond donors (Lipinski definition) is 1. The first-order valence-electron chi connectivity index (χ1n) is 4.89. The Labute approximate surface area is 103 Å². The van der Waals surface area contributed by atoms with Crippen molar-refractivity contribution in [2.75, 3.05) is 5.32 Å². The quantitative estimate of drug-likeness (QED) is 0.854. The van der Waals surface area contributed by atoms with Crippen molar-refractivity contribution in [3.8, 4) is 0 Å². The zero-order valence-electron chi connectivity index (χ0n) is 8.76. The van der Waals surface area contributed by atoms with Crippen LogP contribution in [0.4, 0.5) is 10.1 Å². The lowest BCUT2D eigenvalue weighted by atomic mass is 10.3. The molecule has 2 rings (SSSR count). The lowest BCUT2D eigenvalue weighted by Crippen LogP contribution is -1.97. The van der Waals surface area contributed by atoms with Crippen molar-refractivity contribution in [2.45, 2.75) is 13.5 Å². The topological polar surface area (TPSA) is 12.0 Å². The molecule has 0 bridgehead atoms. The van der Waals surface area contributed by atoms with Gasteiger partial charge in [0.05, 0.1) is 5.02 Å². The molecule has 0 spiro atoms. The molecule has 0 radical (unpaired) electrons. The Kier molecular flexibility index (Phi) is 3.46. The third-order valence-corrected chi connectivity index (χ3v) is 3.49. The average molecular weight is 256 g/mol. The van der Waals surface area contributed by atoms with Gasteiger partial charge in [-0.3, -0.25) is 0 Å². The molecule has 0 saturated heterocycles. The zero-order chi connectivity index (χ0) is 11.5. The SMILES string of the molecule is Cc1ccc(CNc2ccc(Cl)c(F)c2)s1. The minimum Gasteiger partial charge on any atom is -0.380 e. The van der Waals surface area contributed by atoms with Gasteiger partial charge in [0.25, 0.3) is 0 Å². The zero-order valence-corrected chi connectivity index (χ0v) is 10.3. The van der Waals surface area contributed by atoms with E-state index in [-0.39, 0.29) is 5.02 Å². The van der Waals surface area contributed by atoms with Crippen molar-refractivity contribution >= 4 is 28.6 Å². The Bertz CT molecular complexity index is 496. The fourth-order valence-corrected chi connectivity index (χ4v) is 2.32. The second-order valence-corrected chi connectivity index (χ2v) is 5.27. The van der Waals surface area contributed by atoms with E-state index in [4.69, 9.17) is 11.6 Å². The lowest BCUT2D eigenvalue weighted by Gasteiger charge is -2.05. The van der Waals surface area contributed by atoms with Gasteiger partial charge < -0.3 is 5.32 Å². The van der Waals surface area contributed by atoms with Crippen LogP contribution >= 0.6 is 22.9 Å². The van der Waals surface area contributed by atoms with E-state index >= 15 is 0 Å². The summed E-state index contributed by atoms with van der Waals surface area (Å²) >= 11 is 7.33. The summed E-state index contributed by atoms with van der Waals surface area (Å²) in [7, 11) is 0. The van der Waals surface area contributed by atoms with Gasteiger partial charge in [-0.2, -0.15) is 0 Å². The molecule has 0 aliphatic rings. The maximum absolute atomic E-state index is 13.1. The molecule has 16 heavy (non-hydrogen) atoms. The minimum absolute atomic E-state index is 0.150. The van der Waals surface area contributed by atoms with Gasteiger partial charge in [-0.1, -0.05) is 11.6 Å². The highest BCUT2D eigenvalue weighted by Crippen LogP contribution is 2.20. The van der Waals surface area contributed by atoms with Crippen molar-refractivity contribution in [1.29, 1.82) is 0 Å². The molecule has 1 nitrogen and oxygen atoms in total. The van der Waals surface area contributed by atoms with Crippen LogP contribution in [0.15, 0.2) is 30.3 Å². The Hall–Kier alpha value is -1.06. The summed E-state index contributed by atoms with van der Waals surface area (Å²) < 4.78 is 13.1. The van der Waals surface area contributed by atoms with Crippen LogP contribution in [-0.4, -0.2) is 0 Å². The molecule has 84 valence electrons. The van der Waals surface area contributed by atoms with Gasteiger partial charge in [0.1, 0.15) is 5.82 Å². The third-order valence-electron chi connectivity index (χ3n) is 2.18. The van der Waals surface area contributed by atoms with Crippen molar-refractivity contribution < 1.29 is 4.39 Å². The molecule has 2 aromatic rings. The maximum atomic E-state index is 13.1. The largest absolute Gasteiger partial charge is 0.380 e. The van der Waals surface area contributed by atoms with E-state index in [9.17, 15) is 4.39 Å². The van der Waals surface area contributed by atoms with Gasteiger partial charge in [0, 0.05) is 22.0 Å². The van der Waals surface area contributed by atoms with Crippen LogP contribution < -0.4 is 5.32 Å². The monoisotopic (exact) mass is 255 g/mol. The average Bonchev–Trinajstić information content (AvgIpc) is 2.66. The highest BCUT2D eigenvalue weighted by molar-refractivity contribution is 7.11. The smallest absolute Gasteiger partial charge is 0.143 e. The van der Waals surface area contributed by atoms with Crippen LogP contribution in [0.5, 0.6) is 0 Å². The number of benzene rings is 1. The highest BCUT2D eigenvalue weighted by Gasteiger charge is 2.01. The van der Waals surface area contributed by atoms with Crippen LogP contribution in [0.1, 0.15) is 9.75 Å². The van der Waals surface area contributed by atoms with Crippen LogP contribution in [0.2, 0.25) is 5.02 Å². The lowest BCUT2D eigenvalue weighted by molar-refractivity contribution is 0.628. The molecule has 1 aromatic heterocycles. The van der Waals surface area contributed by atoms with E-state index in [1.54, 1.807) is 23.5 Å². The van der Waals surface area contributed by atoms with Crippen LogP contribution in [0, 0.1) is 12.7 Å². The summed E-state index contributed by atoms with van der Waals surface area (Å²) in [4.78, 5) is 2.51. The summed E-state index contributed by atoms with van der Waals surface area (Å²) in [5.41, 5.74) is 0.743. The number of anilines is 1. The molecule has 0 unspecified atom stereocenters. The van der Waals surface area contributed by atoms with Gasteiger partial charge in [-0.25, -0.2) is 4.39 Å². The molecule has 0 saturated carbocycles. The van der Waals surface area contributed by atoms with Crippen molar-refractivity contribution in [1.82, 2.24) is 0 Å². The second kappa shape index (κ2) is 4.85. The fraction of sp³-hybridized carbons (Fsp3) is 0.167. The molecule has 0 aliphatic heterocycles. The molecule has 0 amide bonds. The Morgan fingerprint density at radius 1 is 1.31 bits per heavy atom. The van der Waals surface area contributed by atoms with Crippen LogP contribution in [0.3, 0.4) is 0 Å². The predicted octanol–water partition coefficient (Wildman–Crippen LogP) is 4.46. The van der Waals surface area contributed by atoms with Gasteiger partial charge >= 0.3 is 0 Å². The summed E-state index contributed by atoms with van der Waals surface area (Å²) in [6, 6.07) is 8.87. The Morgan fingerprint density at radius 3 is 2.75 bits per heavy atom. The van der Waals surface area contributed by atoms with Gasteiger partial charge in [-0.15, -0.1) is 11.3 Å². The van der Waals surface area contributed by atoms with Crippen molar-refractivity contribution in [3.63, 3.8) is 0 Å². The summed E-state index contributed by atoms with van der Waals surface area (Å²) in [5.74, 6) is -0.394. The normalized spacial score (nSPS) is 10.4. The number of thiophene rings is 1. The number of rotatable bonds is 3. The first-order chi connectivity index (χ1) is 7.65. The van der Waals surface area contributed by atoms with E-state index < -0.39 is 5.82 Å². The maximum Gasteiger partial charge on any atom is 0.143 e. The van der Waals surface area contributed by atoms with E-state index in [2.05, 4.69) is 24.4 Å². The number of aryl methyl sites for hydroxylation is 1. The summed E-state index contributed by atoms with van der Waals surface area (Å²) in [5, 5.41) is 3.30. The first-order valence-corrected chi connectivity index (χ1v) is 6.09. The number of nitrogens with one attached hydrogen (secondary N) is 1. The Morgan fingerprint density at radius 2 is 2.12 bits per heavy atom. The van der Waals surface area contributed by atoms with Crippen LogP contribution in [0.25, 0.3) is 0 Å². The molecule has 4 heteroatoms. The summed E-state index contributed by atoms with van der Waals surface area (Å²) in [6.07, 6.45) is 0. The van der Waals surface area contributed by atoms with E-state index in [1.165, 1.54) is 15.8 Å². The van der Waals surface area contributed by atoms with Gasteiger partial charge in [0.2, 0.25) is 0 Å².